The SMILES string of the molecule is Cc1ccc2nc(SCCOc3ccc(C(=O)O)cc3)[nH]c2c1. The zero-order chi connectivity index (χ0) is 16.2. The second-order valence-corrected chi connectivity index (χ2v) is 6.17. The molecule has 0 fully saturated rings. The standard InChI is InChI=1S/C17H16N2O3S/c1-11-2-7-14-15(10-11)19-17(18-14)23-9-8-22-13-5-3-12(4-6-13)16(20)21/h2-7,10H,8-9H2,1H3,(H,18,19)(H,20,21). The Balaban J connectivity index is 1.51. The number of H-pyrrole nitrogens is 1. The van der Waals surface area contributed by atoms with Crippen LogP contribution in [-0.4, -0.2) is 33.4 Å². The fourth-order valence-corrected chi connectivity index (χ4v) is 2.87. The molecule has 0 radical (unpaired) electrons. The highest BCUT2D eigenvalue weighted by atomic mass is 32.2. The largest absolute Gasteiger partial charge is 0.493 e. The molecule has 5 nitrogen and oxygen atoms in total. The number of fused-ring (bicyclic) bond motifs is 1. The molecule has 1 aromatic heterocycles. The number of nitrogens with one attached hydrogen (secondary N) is 1. The van der Waals surface area contributed by atoms with Crippen LogP contribution in [0.3, 0.4) is 0 Å². The maximum absolute atomic E-state index is 10.8. The van der Waals surface area contributed by atoms with E-state index in [0.717, 1.165) is 21.9 Å². The summed E-state index contributed by atoms with van der Waals surface area (Å²) in [6.07, 6.45) is 0. The van der Waals surface area contributed by atoms with E-state index in [0.29, 0.717) is 12.4 Å². The lowest BCUT2D eigenvalue weighted by atomic mass is 10.2. The van der Waals surface area contributed by atoms with Crippen LogP contribution in [0.15, 0.2) is 47.6 Å². The van der Waals surface area contributed by atoms with Crippen molar-refractivity contribution < 1.29 is 14.6 Å². The van der Waals surface area contributed by atoms with E-state index >= 15 is 0 Å². The lowest BCUT2D eigenvalue weighted by molar-refractivity contribution is 0.0697. The van der Waals surface area contributed by atoms with Crippen molar-refractivity contribution in [3.63, 3.8) is 0 Å². The summed E-state index contributed by atoms with van der Waals surface area (Å²) in [6.45, 7) is 2.57. The van der Waals surface area contributed by atoms with E-state index in [2.05, 4.69) is 23.0 Å². The second-order valence-electron chi connectivity index (χ2n) is 5.09. The molecule has 1 heterocycles. The summed E-state index contributed by atoms with van der Waals surface area (Å²) in [5.41, 5.74) is 3.45. The minimum atomic E-state index is -0.938. The topological polar surface area (TPSA) is 75.2 Å². The van der Waals surface area contributed by atoms with E-state index in [1.54, 1.807) is 23.9 Å². The van der Waals surface area contributed by atoms with Crippen molar-refractivity contribution >= 4 is 28.8 Å². The van der Waals surface area contributed by atoms with Gasteiger partial charge in [-0.2, -0.15) is 0 Å². The van der Waals surface area contributed by atoms with Crippen LogP contribution in [0, 0.1) is 6.92 Å². The third-order valence-electron chi connectivity index (χ3n) is 3.31. The van der Waals surface area contributed by atoms with E-state index in [1.165, 1.54) is 17.7 Å². The smallest absolute Gasteiger partial charge is 0.335 e. The first-order valence-corrected chi connectivity index (χ1v) is 8.16. The van der Waals surface area contributed by atoms with Crippen LogP contribution in [0.4, 0.5) is 0 Å². The first kappa shape index (κ1) is 15.4. The van der Waals surface area contributed by atoms with E-state index < -0.39 is 5.97 Å². The molecule has 0 bridgehead atoms. The highest BCUT2D eigenvalue weighted by Gasteiger charge is 2.04. The molecule has 6 heteroatoms. The molecule has 0 saturated carbocycles. The summed E-state index contributed by atoms with van der Waals surface area (Å²) in [4.78, 5) is 18.6. The maximum Gasteiger partial charge on any atom is 0.335 e. The van der Waals surface area contributed by atoms with Crippen molar-refractivity contribution in [2.24, 2.45) is 0 Å². The van der Waals surface area contributed by atoms with Gasteiger partial charge >= 0.3 is 5.97 Å². The minimum Gasteiger partial charge on any atom is -0.493 e. The predicted molar refractivity (Wildman–Crippen MR) is 90.5 cm³/mol. The number of nitrogens with zero attached hydrogens (tertiary/aromatic N) is 1. The Morgan fingerprint density at radius 3 is 2.78 bits per heavy atom. The summed E-state index contributed by atoms with van der Waals surface area (Å²) in [6, 6.07) is 12.5. The average molecular weight is 328 g/mol. The van der Waals surface area contributed by atoms with Gasteiger partial charge in [-0.15, -0.1) is 0 Å². The summed E-state index contributed by atoms with van der Waals surface area (Å²) in [5.74, 6) is 0.475. The first-order chi connectivity index (χ1) is 11.1. The minimum absolute atomic E-state index is 0.254. The first-order valence-electron chi connectivity index (χ1n) is 7.17. The molecule has 2 N–H and O–H groups in total. The van der Waals surface area contributed by atoms with Crippen LogP contribution in [0.2, 0.25) is 0 Å². The Morgan fingerprint density at radius 1 is 1.26 bits per heavy atom. The van der Waals surface area contributed by atoms with Crippen LogP contribution < -0.4 is 4.74 Å². The van der Waals surface area contributed by atoms with Gasteiger partial charge in [0, 0.05) is 5.75 Å². The lowest BCUT2D eigenvalue weighted by Gasteiger charge is -2.05. The van der Waals surface area contributed by atoms with Gasteiger partial charge < -0.3 is 14.8 Å². The van der Waals surface area contributed by atoms with Gasteiger partial charge in [0.1, 0.15) is 5.75 Å². The zero-order valence-electron chi connectivity index (χ0n) is 12.6. The number of aryl methyl sites for hydroxylation is 1. The zero-order valence-corrected chi connectivity index (χ0v) is 13.4. The van der Waals surface area contributed by atoms with Crippen molar-refractivity contribution in [2.45, 2.75) is 12.1 Å². The third kappa shape index (κ3) is 3.84. The van der Waals surface area contributed by atoms with Gasteiger partial charge in [-0.25, -0.2) is 9.78 Å². The second kappa shape index (κ2) is 6.75. The fraction of sp³-hybridized carbons (Fsp3) is 0.176. The Morgan fingerprint density at radius 2 is 2.04 bits per heavy atom. The van der Waals surface area contributed by atoms with Crippen molar-refractivity contribution in [2.75, 3.05) is 12.4 Å². The van der Waals surface area contributed by atoms with Crippen molar-refractivity contribution in [3.05, 3.63) is 53.6 Å². The number of carboxylic acid groups (broad SMARTS) is 1. The van der Waals surface area contributed by atoms with Crippen molar-refractivity contribution in [1.82, 2.24) is 9.97 Å². The molecule has 2 aromatic carbocycles. The fourth-order valence-electron chi connectivity index (χ4n) is 2.16. The summed E-state index contributed by atoms with van der Waals surface area (Å²) in [7, 11) is 0. The predicted octanol–water partition coefficient (Wildman–Crippen LogP) is 3.74. The molecular formula is C17H16N2O3S. The van der Waals surface area contributed by atoms with E-state index in [-0.39, 0.29) is 5.56 Å². The molecule has 0 spiro atoms. The number of carbonyl (C=O) groups is 1. The number of benzene rings is 2. The molecular weight excluding hydrogens is 312 g/mol. The molecule has 0 amide bonds. The van der Waals surface area contributed by atoms with Crippen LogP contribution in [0.25, 0.3) is 11.0 Å². The number of hydrogen-bond donors (Lipinski definition) is 2. The lowest BCUT2D eigenvalue weighted by Crippen LogP contribution is -2.01. The molecule has 23 heavy (non-hydrogen) atoms. The molecule has 3 rings (SSSR count). The summed E-state index contributed by atoms with van der Waals surface area (Å²) in [5, 5.41) is 9.71. The van der Waals surface area contributed by atoms with Gasteiger partial charge in [0.05, 0.1) is 23.2 Å². The number of ether oxygens (including phenoxy) is 1. The molecule has 0 aliphatic carbocycles. The summed E-state index contributed by atoms with van der Waals surface area (Å²) >= 11 is 1.59. The Hall–Kier alpha value is -2.47. The van der Waals surface area contributed by atoms with Gasteiger partial charge in [-0.05, 0) is 48.9 Å². The van der Waals surface area contributed by atoms with Crippen molar-refractivity contribution in [3.8, 4) is 5.75 Å². The highest BCUT2D eigenvalue weighted by Crippen LogP contribution is 2.20. The number of hydrogen-bond acceptors (Lipinski definition) is 4. The number of aromatic carboxylic acids is 1. The normalized spacial score (nSPS) is 10.8. The third-order valence-corrected chi connectivity index (χ3v) is 4.15. The quantitative estimate of drug-likeness (QED) is 0.532. The van der Waals surface area contributed by atoms with Crippen LogP contribution in [-0.2, 0) is 0 Å². The van der Waals surface area contributed by atoms with Gasteiger partial charge in [0.25, 0.3) is 0 Å². The van der Waals surface area contributed by atoms with Gasteiger partial charge in [-0.1, -0.05) is 17.8 Å². The Labute approximate surface area is 137 Å². The number of aromatic amines is 1. The number of carboxylic acids is 1. The monoisotopic (exact) mass is 328 g/mol. The molecule has 0 unspecified atom stereocenters. The highest BCUT2D eigenvalue weighted by molar-refractivity contribution is 7.99. The number of imidazole rings is 1. The van der Waals surface area contributed by atoms with Crippen LogP contribution in [0.5, 0.6) is 5.75 Å². The van der Waals surface area contributed by atoms with Crippen LogP contribution in [0.1, 0.15) is 15.9 Å². The maximum atomic E-state index is 10.8. The van der Waals surface area contributed by atoms with Gasteiger partial charge in [0.2, 0.25) is 0 Å². The summed E-state index contributed by atoms with van der Waals surface area (Å²) < 4.78 is 5.60. The molecule has 118 valence electrons. The molecule has 0 saturated heterocycles. The molecule has 0 atom stereocenters. The van der Waals surface area contributed by atoms with E-state index in [9.17, 15) is 4.79 Å². The Kier molecular flexibility index (Phi) is 4.52. The van der Waals surface area contributed by atoms with Gasteiger partial charge in [-0.3, -0.25) is 0 Å². The number of thioether (sulfide) groups is 1. The van der Waals surface area contributed by atoms with Gasteiger partial charge in [0.15, 0.2) is 5.16 Å². The Bertz CT molecular complexity index is 827. The molecule has 0 aliphatic heterocycles. The number of aromatic nitrogens is 2. The van der Waals surface area contributed by atoms with E-state index in [4.69, 9.17) is 9.84 Å². The van der Waals surface area contributed by atoms with E-state index in [1.807, 2.05) is 12.1 Å². The van der Waals surface area contributed by atoms with Crippen LogP contribution >= 0.6 is 11.8 Å². The molecule has 3 aromatic rings. The van der Waals surface area contributed by atoms with Crippen molar-refractivity contribution in [1.29, 1.82) is 0 Å². The average Bonchev–Trinajstić information content (AvgIpc) is 2.94. The molecule has 0 aliphatic rings. The number of rotatable bonds is 6.